The van der Waals surface area contributed by atoms with Gasteiger partial charge in [0.25, 0.3) is 11.6 Å². The Morgan fingerprint density at radius 2 is 1.71 bits per heavy atom. The molecule has 142 valence electrons. The maximum Gasteiger partial charge on any atom is 0.311 e. The van der Waals surface area contributed by atoms with Gasteiger partial charge in [0.15, 0.2) is 6.10 Å². The summed E-state index contributed by atoms with van der Waals surface area (Å²) in [7, 11) is 0. The van der Waals surface area contributed by atoms with Crippen molar-refractivity contribution in [3.05, 3.63) is 82.4 Å². The summed E-state index contributed by atoms with van der Waals surface area (Å²) in [6, 6.07) is 19.1. The number of nitro benzene ring substituents is 1. The number of hydrogen-bond donors (Lipinski definition) is 1. The van der Waals surface area contributed by atoms with Crippen molar-refractivity contribution in [3.63, 3.8) is 0 Å². The van der Waals surface area contributed by atoms with E-state index < -0.39 is 22.9 Å². The van der Waals surface area contributed by atoms with Crippen LogP contribution < -0.4 is 5.32 Å². The third kappa shape index (κ3) is 4.50. The van der Waals surface area contributed by atoms with Gasteiger partial charge in [0.05, 0.1) is 11.3 Å². The number of nitrogens with zero attached hydrogens (tertiary/aromatic N) is 1. The van der Waals surface area contributed by atoms with E-state index >= 15 is 0 Å². The van der Waals surface area contributed by atoms with Gasteiger partial charge in [0.2, 0.25) is 0 Å². The van der Waals surface area contributed by atoms with E-state index in [1.54, 1.807) is 12.1 Å². The van der Waals surface area contributed by atoms with Gasteiger partial charge >= 0.3 is 5.97 Å². The van der Waals surface area contributed by atoms with E-state index in [1.165, 1.54) is 25.1 Å². The molecule has 1 unspecified atom stereocenters. The summed E-state index contributed by atoms with van der Waals surface area (Å²) < 4.78 is 5.14. The summed E-state index contributed by atoms with van der Waals surface area (Å²) >= 11 is 0. The standard InChI is InChI=1S/C21H18N2O5/c1-14(28-20(24)13-17-8-4-5-9-19(17)23(26)27)21(25)22-18-11-10-15-6-2-3-7-16(15)12-18/h2-12,14H,13H2,1H3,(H,22,25). The highest BCUT2D eigenvalue weighted by molar-refractivity contribution is 5.97. The van der Waals surface area contributed by atoms with Gasteiger partial charge in [-0.3, -0.25) is 19.7 Å². The largest absolute Gasteiger partial charge is 0.452 e. The lowest BCUT2D eigenvalue weighted by Gasteiger charge is -2.14. The Morgan fingerprint density at radius 1 is 1.04 bits per heavy atom. The molecule has 28 heavy (non-hydrogen) atoms. The lowest BCUT2D eigenvalue weighted by molar-refractivity contribution is -0.385. The first-order chi connectivity index (χ1) is 13.4. The van der Waals surface area contributed by atoms with E-state index in [9.17, 15) is 19.7 Å². The molecule has 7 heteroatoms. The Balaban J connectivity index is 1.62. The average Bonchev–Trinajstić information content (AvgIpc) is 2.68. The van der Waals surface area contributed by atoms with Crippen LogP contribution in [0.25, 0.3) is 10.8 Å². The summed E-state index contributed by atoms with van der Waals surface area (Å²) in [5, 5.41) is 15.7. The number of benzene rings is 3. The second-order valence-corrected chi connectivity index (χ2v) is 6.25. The monoisotopic (exact) mass is 378 g/mol. The van der Waals surface area contributed by atoms with Crippen molar-refractivity contribution in [2.24, 2.45) is 0 Å². The molecular weight excluding hydrogens is 360 g/mol. The molecule has 0 saturated heterocycles. The average molecular weight is 378 g/mol. The molecule has 3 aromatic carbocycles. The van der Waals surface area contributed by atoms with Crippen molar-refractivity contribution in [1.29, 1.82) is 0 Å². The van der Waals surface area contributed by atoms with E-state index in [2.05, 4.69) is 5.32 Å². The van der Waals surface area contributed by atoms with Crippen LogP contribution >= 0.6 is 0 Å². The number of esters is 1. The Hall–Kier alpha value is -3.74. The molecule has 7 nitrogen and oxygen atoms in total. The quantitative estimate of drug-likeness (QED) is 0.399. The molecule has 3 aromatic rings. The minimum Gasteiger partial charge on any atom is -0.452 e. The highest BCUT2D eigenvalue weighted by Crippen LogP contribution is 2.20. The maximum absolute atomic E-state index is 12.3. The minimum atomic E-state index is -1.04. The van der Waals surface area contributed by atoms with Crippen molar-refractivity contribution >= 4 is 34.0 Å². The first-order valence-corrected chi connectivity index (χ1v) is 8.65. The van der Waals surface area contributed by atoms with E-state index in [0.29, 0.717) is 5.69 Å². The number of nitro groups is 1. The first-order valence-electron chi connectivity index (χ1n) is 8.65. The van der Waals surface area contributed by atoms with Crippen LogP contribution in [0.3, 0.4) is 0 Å². The molecule has 1 N–H and O–H groups in total. The summed E-state index contributed by atoms with van der Waals surface area (Å²) in [5.41, 5.74) is 0.664. The zero-order valence-corrected chi connectivity index (χ0v) is 15.1. The molecule has 0 aliphatic carbocycles. The second kappa shape index (κ2) is 8.30. The van der Waals surface area contributed by atoms with Crippen LogP contribution in [0.2, 0.25) is 0 Å². The number of nitrogens with one attached hydrogen (secondary N) is 1. The number of para-hydroxylation sites is 1. The van der Waals surface area contributed by atoms with Gasteiger partial charge in [-0.05, 0) is 29.8 Å². The van der Waals surface area contributed by atoms with E-state index in [1.807, 2.05) is 36.4 Å². The zero-order valence-electron chi connectivity index (χ0n) is 15.1. The van der Waals surface area contributed by atoms with Gasteiger partial charge in [-0.1, -0.05) is 48.5 Å². The molecule has 0 radical (unpaired) electrons. The summed E-state index contributed by atoms with van der Waals surface area (Å²) in [5.74, 6) is -1.19. The van der Waals surface area contributed by atoms with Gasteiger partial charge in [-0.15, -0.1) is 0 Å². The molecule has 0 bridgehead atoms. The molecule has 0 aromatic heterocycles. The number of anilines is 1. The summed E-state index contributed by atoms with van der Waals surface area (Å²) in [6.07, 6.45) is -1.33. The molecular formula is C21H18N2O5. The fourth-order valence-electron chi connectivity index (χ4n) is 2.80. The van der Waals surface area contributed by atoms with Crippen LogP contribution in [-0.2, 0) is 20.7 Å². The first kappa shape index (κ1) is 19.0. The number of carbonyl (C=O) groups excluding carboxylic acids is 2. The smallest absolute Gasteiger partial charge is 0.311 e. The van der Waals surface area contributed by atoms with Gasteiger partial charge in [0, 0.05) is 17.3 Å². The summed E-state index contributed by atoms with van der Waals surface area (Å²) in [4.78, 5) is 34.9. The number of carbonyl (C=O) groups is 2. The Kier molecular flexibility index (Phi) is 5.64. The lowest BCUT2D eigenvalue weighted by Crippen LogP contribution is -2.30. The molecule has 1 atom stereocenters. The molecule has 0 heterocycles. The predicted molar refractivity (Wildman–Crippen MR) is 105 cm³/mol. The van der Waals surface area contributed by atoms with E-state index in [0.717, 1.165) is 10.8 Å². The number of hydrogen-bond acceptors (Lipinski definition) is 5. The van der Waals surface area contributed by atoms with Gasteiger partial charge in [0.1, 0.15) is 0 Å². The van der Waals surface area contributed by atoms with Gasteiger partial charge in [-0.25, -0.2) is 0 Å². The van der Waals surface area contributed by atoms with Crippen molar-refractivity contribution in [2.75, 3.05) is 5.32 Å². The van der Waals surface area contributed by atoms with Crippen molar-refractivity contribution in [2.45, 2.75) is 19.4 Å². The van der Waals surface area contributed by atoms with Crippen LogP contribution in [0.4, 0.5) is 11.4 Å². The number of ether oxygens (including phenoxy) is 1. The SMILES string of the molecule is CC(OC(=O)Cc1ccccc1[N+](=O)[O-])C(=O)Nc1ccc2ccccc2c1. The van der Waals surface area contributed by atoms with Crippen molar-refractivity contribution < 1.29 is 19.2 Å². The van der Waals surface area contributed by atoms with Crippen LogP contribution in [0.5, 0.6) is 0 Å². The Bertz CT molecular complexity index is 1050. The highest BCUT2D eigenvalue weighted by atomic mass is 16.6. The van der Waals surface area contributed by atoms with Gasteiger partial charge in [-0.2, -0.15) is 0 Å². The highest BCUT2D eigenvalue weighted by Gasteiger charge is 2.21. The topological polar surface area (TPSA) is 98.5 Å². The van der Waals surface area contributed by atoms with Crippen LogP contribution in [0.15, 0.2) is 66.7 Å². The van der Waals surface area contributed by atoms with Crippen molar-refractivity contribution in [3.8, 4) is 0 Å². The van der Waals surface area contributed by atoms with Crippen LogP contribution in [-0.4, -0.2) is 22.9 Å². The molecule has 1 amide bonds. The predicted octanol–water partition coefficient (Wildman–Crippen LogP) is 3.86. The molecule has 0 fully saturated rings. The molecule has 0 saturated carbocycles. The lowest BCUT2D eigenvalue weighted by atomic mass is 10.1. The Morgan fingerprint density at radius 3 is 2.46 bits per heavy atom. The van der Waals surface area contributed by atoms with E-state index in [4.69, 9.17) is 4.74 Å². The fourth-order valence-corrected chi connectivity index (χ4v) is 2.80. The molecule has 3 rings (SSSR count). The number of amides is 1. The van der Waals surface area contributed by atoms with Crippen molar-refractivity contribution in [1.82, 2.24) is 0 Å². The third-order valence-corrected chi connectivity index (χ3v) is 4.22. The number of rotatable bonds is 6. The number of fused-ring (bicyclic) bond motifs is 1. The van der Waals surface area contributed by atoms with Crippen LogP contribution in [0, 0.1) is 10.1 Å². The maximum atomic E-state index is 12.3. The fraction of sp³-hybridized carbons (Fsp3) is 0.143. The Labute approximate surface area is 161 Å². The van der Waals surface area contributed by atoms with Gasteiger partial charge < -0.3 is 10.1 Å². The molecule has 0 aliphatic rings. The normalized spacial score (nSPS) is 11.6. The third-order valence-electron chi connectivity index (χ3n) is 4.22. The zero-order chi connectivity index (χ0) is 20.1. The molecule has 0 spiro atoms. The van der Waals surface area contributed by atoms with E-state index in [-0.39, 0.29) is 17.7 Å². The summed E-state index contributed by atoms with van der Waals surface area (Å²) in [6.45, 7) is 1.45. The minimum absolute atomic E-state index is 0.160. The molecule has 0 aliphatic heterocycles. The second-order valence-electron chi connectivity index (χ2n) is 6.25. The van der Waals surface area contributed by atoms with Crippen LogP contribution in [0.1, 0.15) is 12.5 Å².